The largest absolute Gasteiger partial charge is 0.475 e. The van der Waals surface area contributed by atoms with Crippen LogP contribution in [0.5, 0.6) is 0 Å². The molecule has 0 unspecified atom stereocenters. The van der Waals surface area contributed by atoms with Gasteiger partial charge in [0.15, 0.2) is 17.7 Å². The number of rotatable bonds is 11. The SMILES string of the molecule is C=CCOP(=O)(OCC=C)OC[C@H]1O[C@@H](n2cnc3c(-c4ccccc4)ncnc32)[C@@H]2OC(C)(C)O[C@@H]21. The van der Waals surface area contributed by atoms with E-state index in [1.54, 1.807) is 10.9 Å². The van der Waals surface area contributed by atoms with Gasteiger partial charge in [0.1, 0.15) is 35.8 Å². The van der Waals surface area contributed by atoms with Crippen molar-refractivity contribution in [1.29, 1.82) is 0 Å². The Labute approximate surface area is 214 Å². The van der Waals surface area contributed by atoms with Crippen molar-refractivity contribution in [2.24, 2.45) is 0 Å². The Kier molecular flexibility index (Phi) is 7.37. The number of ether oxygens (including phenoxy) is 3. The van der Waals surface area contributed by atoms with Crippen LogP contribution in [0.3, 0.4) is 0 Å². The van der Waals surface area contributed by atoms with Crippen LogP contribution in [-0.4, -0.2) is 63.4 Å². The molecule has 2 saturated heterocycles. The smallest absolute Gasteiger partial charge is 0.347 e. The Balaban J connectivity index is 1.42. The second kappa shape index (κ2) is 10.5. The number of hydrogen-bond donors (Lipinski definition) is 0. The van der Waals surface area contributed by atoms with Gasteiger partial charge in [0.25, 0.3) is 0 Å². The Hall–Kier alpha value is -2.76. The number of imidazole rings is 1. The molecule has 2 fully saturated rings. The van der Waals surface area contributed by atoms with Crippen molar-refractivity contribution >= 4 is 19.0 Å². The van der Waals surface area contributed by atoms with Gasteiger partial charge in [-0.25, -0.2) is 19.5 Å². The highest BCUT2D eigenvalue weighted by molar-refractivity contribution is 7.48. The van der Waals surface area contributed by atoms with Crippen molar-refractivity contribution in [2.75, 3.05) is 19.8 Å². The summed E-state index contributed by atoms with van der Waals surface area (Å²) < 4.78 is 49.8. The first-order chi connectivity index (χ1) is 17.8. The van der Waals surface area contributed by atoms with Crippen LogP contribution in [-0.2, 0) is 32.3 Å². The van der Waals surface area contributed by atoms with Crippen LogP contribution in [0.1, 0.15) is 20.1 Å². The summed E-state index contributed by atoms with van der Waals surface area (Å²) >= 11 is 0. The highest BCUT2D eigenvalue weighted by Gasteiger charge is 2.56. The molecule has 0 spiro atoms. The minimum Gasteiger partial charge on any atom is -0.347 e. The second-order valence-corrected chi connectivity index (χ2v) is 10.6. The molecule has 5 rings (SSSR count). The van der Waals surface area contributed by atoms with E-state index >= 15 is 0 Å². The van der Waals surface area contributed by atoms with Crippen molar-refractivity contribution in [3.05, 3.63) is 68.3 Å². The lowest BCUT2D eigenvalue weighted by Crippen LogP contribution is -2.32. The Bertz CT molecular complexity index is 1300. The molecule has 4 atom stereocenters. The highest BCUT2D eigenvalue weighted by Crippen LogP contribution is 2.51. The molecule has 196 valence electrons. The van der Waals surface area contributed by atoms with Gasteiger partial charge in [-0.15, -0.1) is 13.2 Å². The average Bonchev–Trinajstić information content (AvgIpc) is 3.56. The summed E-state index contributed by atoms with van der Waals surface area (Å²) in [5, 5.41) is 0. The summed E-state index contributed by atoms with van der Waals surface area (Å²) in [5.74, 6) is -0.863. The molecule has 0 aliphatic carbocycles. The molecular weight excluding hydrogens is 499 g/mol. The summed E-state index contributed by atoms with van der Waals surface area (Å²) in [5.41, 5.74) is 2.85. The predicted octanol–water partition coefficient (Wildman–Crippen LogP) is 4.44. The Morgan fingerprint density at radius 1 is 1.03 bits per heavy atom. The van der Waals surface area contributed by atoms with E-state index in [1.807, 2.05) is 44.2 Å². The van der Waals surface area contributed by atoms with Crippen LogP contribution >= 0.6 is 7.82 Å². The van der Waals surface area contributed by atoms with E-state index in [2.05, 4.69) is 28.1 Å². The van der Waals surface area contributed by atoms with E-state index in [9.17, 15) is 4.57 Å². The molecular formula is C25H29N4O7P. The van der Waals surface area contributed by atoms with E-state index in [0.717, 1.165) is 5.56 Å². The summed E-state index contributed by atoms with van der Waals surface area (Å²) in [6.07, 6.45) is 3.77. The Morgan fingerprint density at radius 2 is 1.73 bits per heavy atom. The van der Waals surface area contributed by atoms with Crippen molar-refractivity contribution in [1.82, 2.24) is 19.5 Å². The maximum Gasteiger partial charge on any atom is 0.475 e. The first-order valence-corrected chi connectivity index (χ1v) is 13.3. The van der Waals surface area contributed by atoms with Gasteiger partial charge in [-0.05, 0) is 13.8 Å². The third-order valence-corrected chi connectivity index (χ3v) is 7.30. The fourth-order valence-electron chi connectivity index (χ4n) is 4.43. The van der Waals surface area contributed by atoms with Gasteiger partial charge in [-0.3, -0.25) is 18.1 Å². The minimum atomic E-state index is -3.89. The predicted molar refractivity (Wildman–Crippen MR) is 134 cm³/mol. The van der Waals surface area contributed by atoms with E-state index in [1.165, 1.54) is 18.5 Å². The van der Waals surface area contributed by atoms with Crippen LogP contribution in [0.25, 0.3) is 22.4 Å². The summed E-state index contributed by atoms with van der Waals surface area (Å²) in [4.78, 5) is 13.5. The summed E-state index contributed by atoms with van der Waals surface area (Å²) in [7, 11) is -3.89. The molecule has 0 bridgehead atoms. The molecule has 12 heteroatoms. The number of phosphoric ester groups is 1. The average molecular weight is 529 g/mol. The number of hydrogen-bond acceptors (Lipinski definition) is 10. The molecule has 4 heterocycles. The normalized spacial score (nSPS) is 24.8. The molecule has 3 aromatic rings. The fraction of sp³-hybridized carbons (Fsp3) is 0.400. The van der Waals surface area contributed by atoms with E-state index < -0.39 is 38.1 Å². The van der Waals surface area contributed by atoms with Crippen LogP contribution in [0.2, 0.25) is 0 Å². The lowest BCUT2D eigenvalue weighted by Gasteiger charge is -2.25. The number of benzene rings is 1. The van der Waals surface area contributed by atoms with Gasteiger partial charge in [-0.1, -0.05) is 42.5 Å². The molecule has 37 heavy (non-hydrogen) atoms. The zero-order chi connectivity index (χ0) is 26.0. The van der Waals surface area contributed by atoms with E-state index in [4.69, 9.17) is 27.8 Å². The maximum absolute atomic E-state index is 13.0. The molecule has 0 N–H and O–H groups in total. The highest BCUT2D eigenvalue weighted by atomic mass is 31.2. The van der Waals surface area contributed by atoms with Crippen LogP contribution in [0.4, 0.5) is 0 Å². The van der Waals surface area contributed by atoms with Crippen LogP contribution in [0.15, 0.2) is 68.3 Å². The minimum absolute atomic E-state index is 0.00819. The number of phosphoric acid groups is 1. The van der Waals surface area contributed by atoms with Crippen molar-refractivity contribution in [3.8, 4) is 11.3 Å². The third kappa shape index (κ3) is 5.30. The molecule has 2 aliphatic rings. The molecule has 0 radical (unpaired) electrons. The van der Waals surface area contributed by atoms with Gasteiger partial charge < -0.3 is 14.2 Å². The monoisotopic (exact) mass is 528 g/mol. The Morgan fingerprint density at radius 3 is 2.43 bits per heavy atom. The quantitative estimate of drug-likeness (QED) is 0.261. The van der Waals surface area contributed by atoms with Crippen LogP contribution < -0.4 is 0 Å². The van der Waals surface area contributed by atoms with Gasteiger partial charge in [0.2, 0.25) is 0 Å². The van der Waals surface area contributed by atoms with Gasteiger partial charge >= 0.3 is 7.82 Å². The molecule has 2 aromatic heterocycles. The second-order valence-electron chi connectivity index (χ2n) is 8.95. The lowest BCUT2D eigenvalue weighted by atomic mass is 10.1. The topological polar surface area (TPSA) is 116 Å². The number of nitrogens with zero attached hydrogens (tertiary/aromatic N) is 4. The first kappa shape index (κ1) is 25.9. The fourth-order valence-corrected chi connectivity index (χ4v) is 5.56. The standard InChI is InChI=1S/C25H29N4O7P/c1-5-12-31-37(30,32-13-6-2)33-14-18-21-22(36-25(3,4)35-21)24(34-18)29-16-28-20-19(26-15-27-23(20)29)17-10-8-7-9-11-17/h5-11,15-16,18,21-22,24H,1-2,12-14H2,3-4H3/t18-,21-,22-,24-/m1/s1. The van der Waals surface area contributed by atoms with E-state index in [0.29, 0.717) is 16.9 Å². The number of fused-ring (bicyclic) bond motifs is 2. The molecule has 2 aliphatic heterocycles. The number of aromatic nitrogens is 4. The van der Waals surface area contributed by atoms with Crippen molar-refractivity contribution < 1.29 is 32.3 Å². The zero-order valence-electron chi connectivity index (χ0n) is 20.6. The molecule has 0 amide bonds. The van der Waals surface area contributed by atoms with Gasteiger partial charge in [-0.2, -0.15) is 0 Å². The molecule has 11 nitrogen and oxygen atoms in total. The lowest BCUT2D eigenvalue weighted by molar-refractivity contribution is -0.199. The maximum atomic E-state index is 13.0. The molecule has 0 saturated carbocycles. The van der Waals surface area contributed by atoms with Crippen molar-refractivity contribution in [3.63, 3.8) is 0 Å². The van der Waals surface area contributed by atoms with Crippen molar-refractivity contribution in [2.45, 2.75) is 44.2 Å². The zero-order valence-corrected chi connectivity index (χ0v) is 21.5. The third-order valence-electron chi connectivity index (χ3n) is 5.90. The van der Waals surface area contributed by atoms with Gasteiger partial charge in [0.05, 0.1) is 26.1 Å². The molecule has 1 aromatic carbocycles. The first-order valence-electron chi connectivity index (χ1n) is 11.8. The van der Waals surface area contributed by atoms with Crippen LogP contribution in [0, 0.1) is 0 Å². The van der Waals surface area contributed by atoms with E-state index in [-0.39, 0.29) is 19.8 Å². The summed E-state index contributed by atoms with van der Waals surface area (Å²) in [6, 6.07) is 9.76. The summed E-state index contributed by atoms with van der Waals surface area (Å²) in [6.45, 7) is 10.7. The van der Waals surface area contributed by atoms with Gasteiger partial charge in [0, 0.05) is 5.56 Å².